The molecule has 0 aromatic carbocycles. The van der Waals surface area contributed by atoms with E-state index in [0.717, 1.165) is 15.9 Å². The van der Waals surface area contributed by atoms with Crippen LogP contribution in [0.5, 0.6) is 0 Å². The molecule has 1 N–H and O–H groups in total. The van der Waals surface area contributed by atoms with Crippen molar-refractivity contribution in [1.82, 2.24) is 10.3 Å². The largest absolute Gasteiger partial charge is 0.307 e. The molecule has 1 aromatic heterocycles. The van der Waals surface area contributed by atoms with Crippen LogP contribution in [0.4, 0.5) is 0 Å². The molecule has 1 aliphatic rings. The zero-order chi connectivity index (χ0) is 9.47. The summed E-state index contributed by atoms with van der Waals surface area (Å²) in [6, 6.07) is 0.662. The van der Waals surface area contributed by atoms with Crippen LogP contribution in [0.3, 0.4) is 0 Å². The highest BCUT2D eigenvalue weighted by atomic mass is 35.5. The van der Waals surface area contributed by atoms with Gasteiger partial charge in [-0.05, 0) is 11.8 Å². The third kappa shape index (κ3) is 2.22. The van der Waals surface area contributed by atoms with Gasteiger partial charge in [0.25, 0.3) is 0 Å². The van der Waals surface area contributed by atoms with Gasteiger partial charge in [0, 0.05) is 12.6 Å². The Bertz CT molecular complexity index is 308. The summed E-state index contributed by atoms with van der Waals surface area (Å²) < 4.78 is 0.770. The molecular weight excluding hydrogens is 204 g/mol. The fourth-order valence-electron chi connectivity index (χ4n) is 1.40. The number of thiazole rings is 1. The second-order valence-electron chi connectivity index (χ2n) is 4.18. The Morgan fingerprint density at radius 2 is 2.46 bits per heavy atom. The van der Waals surface area contributed by atoms with Gasteiger partial charge in [0.2, 0.25) is 0 Å². The Morgan fingerprint density at radius 1 is 1.77 bits per heavy atom. The zero-order valence-electron chi connectivity index (χ0n) is 7.80. The Morgan fingerprint density at radius 3 is 2.92 bits per heavy atom. The highest BCUT2D eigenvalue weighted by Gasteiger charge is 2.45. The molecule has 1 saturated carbocycles. The summed E-state index contributed by atoms with van der Waals surface area (Å²) in [7, 11) is 0. The minimum Gasteiger partial charge on any atom is -0.307 e. The fraction of sp³-hybridized carbons (Fsp3) is 0.667. The van der Waals surface area contributed by atoms with E-state index in [1.54, 1.807) is 17.5 Å². The topological polar surface area (TPSA) is 24.9 Å². The van der Waals surface area contributed by atoms with E-state index in [1.165, 1.54) is 6.42 Å². The maximum atomic E-state index is 5.78. The summed E-state index contributed by atoms with van der Waals surface area (Å²) in [5, 5.41) is 4.54. The quantitative estimate of drug-likeness (QED) is 0.841. The van der Waals surface area contributed by atoms with Crippen molar-refractivity contribution in [3.05, 3.63) is 15.5 Å². The van der Waals surface area contributed by atoms with E-state index in [4.69, 9.17) is 11.6 Å². The van der Waals surface area contributed by atoms with E-state index >= 15 is 0 Å². The molecular formula is C9H13ClN2S. The highest BCUT2D eigenvalue weighted by Crippen LogP contribution is 2.44. The summed E-state index contributed by atoms with van der Waals surface area (Å²) in [6.45, 7) is 5.41. The standard InChI is InChI=1S/C9H13ClN2S/c1-9(2)3-6(9)11-5-8-12-4-7(10)13-8/h4,6,11H,3,5H2,1-2H3. The zero-order valence-corrected chi connectivity index (χ0v) is 9.37. The van der Waals surface area contributed by atoms with Gasteiger partial charge >= 0.3 is 0 Å². The van der Waals surface area contributed by atoms with Gasteiger partial charge in [-0.25, -0.2) is 4.98 Å². The van der Waals surface area contributed by atoms with Gasteiger partial charge in [0.15, 0.2) is 0 Å². The van der Waals surface area contributed by atoms with Crippen molar-refractivity contribution in [2.24, 2.45) is 5.41 Å². The Balaban J connectivity index is 1.81. The molecule has 1 atom stereocenters. The van der Waals surface area contributed by atoms with Gasteiger partial charge in [-0.1, -0.05) is 25.4 Å². The molecule has 1 unspecified atom stereocenters. The molecule has 1 aromatic rings. The van der Waals surface area contributed by atoms with Gasteiger partial charge in [-0.15, -0.1) is 11.3 Å². The van der Waals surface area contributed by atoms with E-state index in [9.17, 15) is 0 Å². The first kappa shape index (κ1) is 9.44. The van der Waals surface area contributed by atoms with Crippen LogP contribution in [-0.2, 0) is 6.54 Å². The Labute approximate surface area is 87.3 Å². The molecule has 0 amide bonds. The van der Waals surface area contributed by atoms with Gasteiger partial charge in [-0.3, -0.25) is 0 Å². The second kappa shape index (κ2) is 3.23. The van der Waals surface area contributed by atoms with E-state index < -0.39 is 0 Å². The van der Waals surface area contributed by atoms with Crippen LogP contribution < -0.4 is 5.32 Å². The lowest BCUT2D eigenvalue weighted by Crippen LogP contribution is -2.19. The van der Waals surface area contributed by atoms with Crippen LogP contribution in [-0.4, -0.2) is 11.0 Å². The van der Waals surface area contributed by atoms with Crippen molar-refractivity contribution in [2.45, 2.75) is 32.9 Å². The Hall–Kier alpha value is -0.120. The molecule has 2 rings (SSSR count). The first-order valence-electron chi connectivity index (χ1n) is 4.41. The molecule has 2 nitrogen and oxygen atoms in total. The number of nitrogens with zero attached hydrogens (tertiary/aromatic N) is 1. The summed E-state index contributed by atoms with van der Waals surface area (Å²) in [5.74, 6) is 0. The Kier molecular flexibility index (Phi) is 2.34. The highest BCUT2D eigenvalue weighted by molar-refractivity contribution is 7.15. The van der Waals surface area contributed by atoms with Crippen molar-refractivity contribution in [3.8, 4) is 0 Å². The predicted octanol–water partition coefficient (Wildman–Crippen LogP) is 2.68. The molecule has 0 aliphatic heterocycles. The molecule has 0 spiro atoms. The van der Waals surface area contributed by atoms with Crippen LogP contribution in [0.2, 0.25) is 4.34 Å². The monoisotopic (exact) mass is 216 g/mol. The number of hydrogen-bond acceptors (Lipinski definition) is 3. The third-order valence-corrected chi connectivity index (χ3v) is 3.65. The van der Waals surface area contributed by atoms with Crippen LogP contribution >= 0.6 is 22.9 Å². The van der Waals surface area contributed by atoms with Gasteiger partial charge < -0.3 is 5.32 Å². The minimum absolute atomic E-state index is 0.487. The number of hydrogen-bond donors (Lipinski definition) is 1. The molecule has 4 heteroatoms. The van der Waals surface area contributed by atoms with E-state index in [2.05, 4.69) is 24.1 Å². The van der Waals surface area contributed by atoms with Crippen molar-refractivity contribution >= 4 is 22.9 Å². The summed E-state index contributed by atoms with van der Waals surface area (Å²) in [4.78, 5) is 4.19. The number of halogens is 1. The molecule has 13 heavy (non-hydrogen) atoms. The molecule has 0 saturated heterocycles. The molecule has 0 radical (unpaired) electrons. The number of nitrogens with one attached hydrogen (secondary N) is 1. The van der Waals surface area contributed by atoms with Crippen LogP contribution in [0, 0.1) is 5.41 Å². The molecule has 72 valence electrons. The lowest BCUT2D eigenvalue weighted by molar-refractivity contribution is 0.541. The average Bonchev–Trinajstić information content (AvgIpc) is 2.45. The van der Waals surface area contributed by atoms with Gasteiger partial charge in [0.05, 0.1) is 6.20 Å². The van der Waals surface area contributed by atoms with Crippen molar-refractivity contribution in [2.75, 3.05) is 0 Å². The summed E-state index contributed by atoms with van der Waals surface area (Å²) in [6.07, 6.45) is 2.98. The maximum absolute atomic E-state index is 5.78. The number of aromatic nitrogens is 1. The third-order valence-electron chi connectivity index (χ3n) is 2.54. The lowest BCUT2D eigenvalue weighted by atomic mass is 10.2. The summed E-state index contributed by atoms with van der Waals surface area (Å²) in [5.41, 5.74) is 0.487. The maximum Gasteiger partial charge on any atom is 0.113 e. The van der Waals surface area contributed by atoms with Crippen LogP contribution in [0.1, 0.15) is 25.3 Å². The smallest absolute Gasteiger partial charge is 0.113 e. The molecule has 1 aliphatic carbocycles. The summed E-state index contributed by atoms with van der Waals surface area (Å²) >= 11 is 7.33. The first-order chi connectivity index (χ1) is 6.08. The van der Waals surface area contributed by atoms with E-state index in [-0.39, 0.29) is 0 Å². The van der Waals surface area contributed by atoms with Crippen LogP contribution in [0.25, 0.3) is 0 Å². The van der Waals surface area contributed by atoms with Gasteiger partial charge in [-0.2, -0.15) is 0 Å². The first-order valence-corrected chi connectivity index (χ1v) is 5.61. The molecule has 1 fully saturated rings. The van der Waals surface area contributed by atoms with Crippen molar-refractivity contribution < 1.29 is 0 Å². The SMILES string of the molecule is CC1(C)CC1NCc1ncc(Cl)s1. The minimum atomic E-state index is 0.487. The van der Waals surface area contributed by atoms with Crippen molar-refractivity contribution in [3.63, 3.8) is 0 Å². The van der Waals surface area contributed by atoms with Gasteiger partial charge in [0.1, 0.15) is 9.34 Å². The fourth-order valence-corrected chi connectivity index (χ4v) is 2.30. The molecule has 0 bridgehead atoms. The average molecular weight is 217 g/mol. The second-order valence-corrected chi connectivity index (χ2v) is 5.93. The van der Waals surface area contributed by atoms with Crippen molar-refractivity contribution in [1.29, 1.82) is 0 Å². The normalized spacial score (nSPS) is 24.7. The molecule has 1 heterocycles. The van der Waals surface area contributed by atoms with E-state index in [0.29, 0.717) is 11.5 Å². The van der Waals surface area contributed by atoms with Crippen LogP contribution in [0.15, 0.2) is 6.20 Å². The predicted molar refractivity (Wildman–Crippen MR) is 56.1 cm³/mol. The number of rotatable bonds is 3. The lowest BCUT2D eigenvalue weighted by Gasteiger charge is -2.03. The van der Waals surface area contributed by atoms with E-state index in [1.807, 2.05) is 0 Å².